The first-order valence-electron chi connectivity index (χ1n) is 6.35. The van der Waals surface area contributed by atoms with E-state index in [4.69, 9.17) is 9.26 Å². The van der Waals surface area contributed by atoms with Crippen molar-refractivity contribution in [2.24, 2.45) is 5.92 Å². The van der Waals surface area contributed by atoms with E-state index in [1.165, 1.54) is 12.8 Å². The van der Waals surface area contributed by atoms with Gasteiger partial charge in [-0.3, -0.25) is 0 Å². The minimum Gasteiger partial charge on any atom is -0.383 e. The summed E-state index contributed by atoms with van der Waals surface area (Å²) in [7, 11) is 1.71. The van der Waals surface area contributed by atoms with Gasteiger partial charge in [-0.2, -0.15) is 4.98 Å². The molecular formula is C12H21N3O2. The molecule has 1 N–H and O–H groups in total. The highest BCUT2D eigenvalue weighted by Gasteiger charge is 2.24. The number of aromatic nitrogens is 2. The van der Waals surface area contributed by atoms with E-state index in [1.54, 1.807) is 7.11 Å². The normalized spacial score (nSPS) is 17.3. The van der Waals surface area contributed by atoms with E-state index in [1.807, 2.05) is 0 Å². The molecular weight excluding hydrogens is 218 g/mol. The predicted molar refractivity (Wildman–Crippen MR) is 63.8 cm³/mol. The Morgan fingerprint density at radius 2 is 2.35 bits per heavy atom. The van der Waals surface area contributed by atoms with Gasteiger partial charge in [-0.1, -0.05) is 12.1 Å². The van der Waals surface area contributed by atoms with Gasteiger partial charge in [0.1, 0.15) is 0 Å². The third-order valence-electron chi connectivity index (χ3n) is 2.96. The highest BCUT2D eigenvalue weighted by Crippen LogP contribution is 2.31. The lowest BCUT2D eigenvalue weighted by Gasteiger charge is -2.14. The van der Waals surface area contributed by atoms with Crippen molar-refractivity contribution in [1.29, 1.82) is 0 Å². The minimum atomic E-state index is 0.249. The first kappa shape index (κ1) is 12.5. The predicted octanol–water partition coefficient (Wildman–Crippen LogP) is 1.19. The van der Waals surface area contributed by atoms with Crippen LogP contribution in [-0.4, -0.2) is 36.4 Å². The van der Waals surface area contributed by atoms with E-state index in [2.05, 4.69) is 22.4 Å². The van der Waals surface area contributed by atoms with Gasteiger partial charge >= 0.3 is 0 Å². The van der Waals surface area contributed by atoms with Gasteiger partial charge in [0.05, 0.1) is 6.61 Å². The van der Waals surface area contributed by atoms with Crippen molar-refractivity contribution in [2.45, 2.75) is 38.6 Å². The topological polar surface area (TPSA) is 60.2 Å². The van der Waals surface area contributed by atoms with Crippen LogP contribution in [0.2, 0.25) is 0 Å². The summed E-state index contributed by atoms with van der Waals surface area (Å²) >= 11 is 0. The highest BCUT2D eigenvalue weighted by atomic mass is 16.5. The molecule has 0 amide bonds. The summed E-state index contributed by atoms with van der Waals surface area (Å²) in [5.41, 5.74) is 0. The molecule has 0 radical (unpaired) electrons. The molecule has 0 saturated heterocycles. The maximum Gasteiger partial charge on any atom is 0.228 e. The number of nitrogens with zero attached hydrogens (tertiary/aromatic N) is 2. The van der Waals surface area contributed by atoms with Crippen molar-refractivity contribution < 1.29 is 9.26 Å². The zero-order valence-electron chi connectivity index (χ0n) is 10.6. The molecule has 0 spiro atoms. The quantitative estimate of drug-likeness (QED) is 0.738. The molecule has 1 aliphatic rings. The van der Waals surface area contributed by atoms with E-state index in [-0.39, 0.29) is 6.04 Å². The zero-order chi connectivity index (χ0) is 12.1. The number of methoxy groups -OCH3 is 1. The van der Waals surface area contributed by atoms with E-state index in [0.717, 1.165) is 31.1 Å². The summed E-state index contributed by atoms with van der Waals surface area (Å²) in [4.78, 5) is 4.42. The number of likely N-dealkylation sites (N-methyl/N-ethyl adjacent to an activating group) is 1. The van der Waals surface area contributed by atoms with E-state index >= 15 is 0 Å². The third kappa shape index (κ3) is 4.09. The standard InChI is InChI=1S/C12H21N3O2/c1-3-13-10(8-16-2)7-12-14-11(15-17-12)6-9-4-5-9/h9-10,13H,3-8H2,1-2H3. The number of rotatable bonds is 8. The van der Waals surface area contributed by atoms with Gasteiger partial charge in [-0.05, 0) is 25.3 Å². The van der Waals surface area contributed by atoms with Gasteiger partial charge in [-0.15, -0.1) is 0 Å². The molecule has 0 aromatic carbocycles. The molecule has 2 rings (SSSR count). The van der Waals surface area contributed by atoms with Crippen LogP contribution in [0.25, 0.3) is 0 Å². The lowest BCUT2D eigenvalue weighted by atomic mass is 10.2. The Morgan fingerprint density at radius 3 is 3.00 bits per heavy atom. The summed E-state index contributed by atoms with van der Waals surface area (Å²) in [6, 6.07) is 0.249. The van der Waals surface area contributed by atoms with E-state index in [9.17, 15) is 0 Å². The highest BCUT2D eigenvalue weighted by molar-refractivity contribution is 4.93. The fourth-order valence-electron chi connectivity index (χ4n) is 1.93. The zero-order valence-corrected chi connectivity index (χ0v) is 10.6. The maximum atomic E-state index is 5.26. The number of ether oxygens (including phenoxy) is 1. The molecule has 1 aromatic heterocycles. The molecule has 1 aliphatic carbocycles. The second-order valence-corrected chi connectivity index (χ2v) is 4.67. The van der Waals surface area contributed by atoms with Crippen LogP contribution in [0.4, 0.5) is 0 Å². The Hall–Kier alpha value is -0.940. The van der Waals surface area contributed by atoms with Gasteiger partial charge in [0.25, 0.3) is 0 Å². The first-order chi connectivity index (χ1) is 8.31. The summed E-state index contributed by atoms with van der Waals surface area (Å²) in [5.74, 6) is 2.36. The Balaban J connectivity index is 1.84. The van der Waals surface area contributed by atoms with Crippen LogP contribution in [0.1, 0.15) is 31.5 Å². The van der Waals surface area contributed by atoms with Gasteiger partial charge < -0.3 is 14.6 Å². The molecule has 96 valence electrons. The van der Waals surface area contributed by atoms with Crippen molar-refractivity contribution in [3.8, 4) is 0 Å². The average Bonchev–Trinajstić information content (AvgIpc) is 3.00. The summed E-state index contributed by atoms with van der Waals surface area (Å²) in [5, 5.41) is 7.36. The average molecular weight is 239 g/mol. The Bertz CT molecular complexity index is 330. The van der Waals surface area contributed by atoms with Crippen molar-refractivity contribution in [3.05, 3.63) is 11.7 Å². The van der Waals surface area contributed by atoms with Crippen LogP contribution in [0, 0.1) is 5.92 Å². The lowest BCUT2D eigenvalue weighted by molar-refractivity contribution is 0.162. The van der Waals surface area contributed by atoms with Crippen LogP contribution in [0.15, 0.2) is 4.52 Å². The summed E-state index contributed by atoms with van der Waals surface area (Å²) in [6.45, 7) is 3.65. The summed E-state index contributed by atoms with van der Waals surface area (Å²) < 4.78 is 10.4. The number of hydrogen-bond donors (Lipinski definition) is 1. The van der Waals surface area contributed by atoms with Crippen molar-refractivity contribution in [3.63, 3.8) is 0 Å². The molecule has 5 nitrogen and oxygen atoms in total. The van der Waals surface area contributed by atoms with Crippen LogP contribution in [-0.2, 0) is 17.6 Å². The van der Waals surface area contributed by atoms with E-state index in [0.29, 0.717) is 12.5 Å². The van der Waals surface area contributed by atoms with Crippen molar-refractivity contribution in [1.82, 2.24) is 15.5 Å². The van der Waals surface area contributed by atoms with Crippen LogP contribution < -0.4 is 5.32 Å². The van der Waals surface area contributed by atoms with Crippen molar-refractivity contribution in [2.75, 3.05) is 20.3 Å². The molecule has 0 aliphatic heterocycles. The molecule has 1 fully saturated rings. The van der Waals surface area contributed by atoms with Crippen LogP contribution in [0.3, 0.4) is 0 Å². The van der Waals surface area contributed by atoms with Crippen LogP contribution >= 0.6 is 0 Å². The second kappa shape index (κ2) is 6.12. The third-order valence-corrected chi connectivity index (χ3v) is 2.96. The molecule has 1 unspecified atom stereocenters. The number of nitrogens with one attached hydrogen (secondary N) is 1. The van der Waals surface area contributed by atoms with Crippen molar-refractivity contribution >= 4 is 0 Å². The van der Waals surface area contributed by atoms with E-state index < -0.39 is 0 Å². The monoisotopic (exact) mass is 239 g/mol. The fraction of sp³-hybridized carbons (Fsp3) is 0.833. The Labute approximate surface area is 102 Å². The second-order valence-electron chi connectivity index (χ2n) is 4.67. The smallest absolute Gasteiger partial charge is 0.228 e. The molecule has 17 heavy (non-hydrogen) atoms. The van der Waals surface area contributed by atoms with Gasteiger partial charge in [0, 0.05) is 26.0 Å². The van der Waals surface area contributed by atoms with Crippen LogP contribution in [0.5, 0.6) is 0 Å². The molecule has 0 bridgehead atoms. The minimum absolute atomic E-state index is 0.249. The number of hydrogen-bond acceptors (Lipinski definition) is 5. The Kier molecular flexibility index (Phi) is 4.50. The molecule has 1 aromatic rings. The molecule has 1 heterocycles. The van der Waals surface area contributed by atoms with Gasteiger partial charge in [0.2, 0.25) is 5.89 Å². The maximum absolute atomic E-state index is 5.26. The molecule has 1 atom stereocenters. The SMILES string of the molecule is CCNC(COC)Cc1nc(CC2CC2)no1. The van der Waals surface area contributed by atoms with Gasteiger partial charge in [-0.25, -0.2) is 0 Å². The Morgan fingerprint density at radius 1 is 1.53 bits per heavy atom. The fourth-order valence-corrected chi connectivity index (χ4v) is 1.93. The lowest BCUT2D eigenvalue weighted by Crippen LogP contribution is -2.35. The largest absolute Gasteiger partial charge is 0.383 e. The van der Waals surface area contributed by atoms with Gasteiger partial charge in [0.15, 0.2) is 5.82 Å². The molecule has 5 heteroatoms. The molecule has 1 saturated carbocycles. The first-order valence-corrected chi connectivity index (χ1v) is 6.35. The summed E-state index contributed by atoms with van der Waals surface area (Å²) in [6.07, 6.45) is 4.33.